The molecule has 2 aliphatic rings. The van der Waals surface area contributed by atoms with E-state index in [2.05, 4.69) is 22.5 Å². The number of halogens is 1. The number of hydrogen-bond acceptors (Lipinski definition) is 3. The average molecular weight is 339 g/mol. The summed E-state index contributed by atoms with van der Waals surface area (Å²) in [6.45, 7) is 4.47. The maximum atomic E-state index is 6.05. The first-order chi connectivity index (χ1) is 9.72. The molecule has 2 heterocycles. The van der Waals surface area contributed by atoms with Gasteiger partial charge in [0.1, 0.15) is 6.10 Å². The van der Waals surface area contributed by atoms with E-state index in [4.69, 9.17) is 14.2 Å². The fourth-order valence-electron chi connectivity index (χ4n) is 2.80. The Morgan fingerprint density at radius 2 is 1.95 bits per heavy atom. The molecule has 2 aliphatic heterocycles. The van der Waals surface area contributed by atoms with Gasteiger partial charge in [-0.3, -0.25) is 0 Å². The van der Waals surface area contributed by atoms with Crippen LogP contribution in [0.25, 0.3) is 0 Å². The van der Waals surface area contributed by atoms with E-state index >= 15 is 0 Å². The smallest absolute Gasteiger partial charge is 0.184 e. The van der Waals surface area contributed by atoms with Crippen LogP contribution < -0.4 is 0 Å². The van der Waals surface area contributed by atoms with Crippen molar-refractivity contribution in [2.24, 2.45) is 0 Å². The third kappa shape index (κ3) is 3.31. The molecule has 0 aliphatic carbocycles. The van der Waals surface area contributed by atoms with Gasteiger partial charge in [-0.15, -0.1) is 0 Å². The van der Waals surface area contributed by atoms with Crippen LogP contribution in [0.1, 0.15) is 31.1 Å². The molecule has 0 unspecified atom stereocenters. The number of rotatable bonds is 3. The molecule has 4 heteroatoms. The maximum Gasteiger partial charge on any atom is 0.184 e. The molecule has 2 fully saturated rings. The molecule has 0 aromatic heterocycles. The summed E-state index contributed by atoms with van der Waals surface area (Å²) in [6, 6.07) is 10.1. The summed E-state index contributed by atoms with van der Waals surface area (Å²) in [5, 5.41) is 0. The fraction of sp³-hybridized carbons (Fsp3) is 0.500. The van der Waals surface area contributed by atoms with Crippen molar-refractivity contribution in [2.45, 2.75) is 43.9 Å². The Hall–Kier alpha value is -0.680. The normalized spacial score (nSPS) is 33.5. The first kappa shape index (κ1) is 14.3. The monoisotopic (exact) mass is 338 g/mol. The lowest BCUT2D eigenvalue weighted by Crippen LogP contribution is -2.47. The number of fused-ring (bicyclic) bond motifs is 1. The quantitative estimate of drug-likeness (QED) is 0.835. The standard InChI is InChI=1S/C16H19BrO3/c1-11(17)9-13-7-8-14-15(19-13)10-18-16(20-14)12-5-3-2-4-6-12/h2-6,13-16H,1,7-10H2/t13-,14-,15+,16+/m0/s1. The van der Waals surface area contributed by atoms with Crippen LogP contribution >= 0.6 is 15.9 Å². The minimum absolute atomic E-state index is 0.0422. The third-order valence-corrected chi connectivity index (χ3v) is 4.11. The highest BCUT2D eigenvalue weighted by Crippen LogP contribution is 2.34. The molecule has 1 aromatic carbocycles. The van der Waals surface area contributed by atoms with Gasteiger partial charge in [0.15, 0.2) is 6.29 Å². The van der Waals surface area contributed by atoms with E-state index in [1.165, 1.54) is 0 Å². The molecule has 0 N–H and O–H groups in total. The van der Waals surface area contributed by atoms with Crippen LogP contribution in [-0.4, -0.2) is 24.9 Å². The molecule has 1 aromatic rings. The van der Waals surface area contributed by atoms with E-state index in [9.17, 15) is 0 Å². The van der Waals surface area contributed by atoms with E-state index in [0.29, 0.717) is 6.61 Å². The predicted molar refractivity (Wildman–Crippen MR) is 80.6 cm³/mol. The predicted octanol–water partition coefficient (Wildman–Crippen LogP) is 3.95. The Bertz CT molecular complexity index is 462. The zero-order valence-corrected chi connectivity index (χ0v) is 12.9. The summed E-state index contributed by atoms with van der Waals surface area (Å²) in [7, 11) is 0. The highest BCUT2D eigenvalue weighted by molar-refractivity contribution is 9.11. The number of benzene rings is 1. The van der Waals surface area contributed by atoms with Gasteiger partial charge in [-0.25, -0.2) is 0 Å². The van der Waals surface area contributed by atoms with Crippen molar-refractivity contribution in [1.29, 1.82) is 0 Å². The lowest BCUT2D eigenvalue weighted by molar-refractivity contribution is -0.287. The largest absolute Gasteiger partial charge is 0.370 e. The first-order valence-corrected chi connectivity index (χ1v) is 7.82. The second-order valence-electron chi connectivity index (χ2n) is 5.35. The Labute approximate surface area is 128 Å². The van der Waals surface area contributed by atoms with Gasteiger partial charge in [0.25, 0.3) is 0 Å². The zero-order chi connectivity index (χ0) is 13.9. The lowest BCUT2D eigenvalue weighted by Gasteiger charge is -2.42. The highest BCUT2D eigenvalue weighted by Gasteiger charge is 2.38. The van der Waals surface area contributed by atoms with E-state index in [1.807, 2.05) is 30.3 Å². The van der Waals surface area contributed by atoms with Gasteiger partial charge in [-0.1, -0.05) is 52.8 Å². The molecule has 0 amide bonds. The van der Waals surface area contributed by atoms with Crippen molar-refractivity contribution in [3.05, 3.63) is 47.0 Å². The molecule has 108 valence electrons. The zero-order valence-electron chi connectivity index (χ0n) is 11.3. The van der Waals surface area contributed by atoms with Gasteiger partial charge < -0.3 is 14.2 Å². The average Bonchev–Trinajstić information content (AvgIpc) is 2.47. The molecule has 3 nitrogen and oxygen atoms in total. The topological polar surface area (TPSA) is 27.7 Å². The molecule has 3 rings (SSSR count). The molecule has 20 heavy (non-hydrogen) atoms. The van der Waals surface area contributed by atoms with Gasteiger partial charge in [-0.2, -0.15) is 0 Å². The van der Waals surface area contributed by atoms with Crippen LogP contribution in [-0.2, 0) is 14.2 Å². The fourth-order valence-corrected chi connectivity index (χ4v) is 3.16. The molecular weight excluding hydrogens is 320 g/mol. The summed E-state index contributed by atoms with van der Waals surface area (Å²) in [5.74, 6) is 0. The minimum Gasteiger partial charge on any atom is -0.370 e. The van der Waals surface area contributed by atoms with Crippen LogP contribution in [0.4, 0.5) is 0 Å². The number of hydrogen-bond donors (Lipinski definition) is 0. The first-order valence-electron chi connectivity index (χ1n) is 7.03. The van der Waals surface area contributed by atoms with Crippen molar-refractivity contribution in [3.63, 3.8) is 0 Å². The van der Waals surface area contributed by atoms with Crippen molar-refractivity contribution in [2.75, 3.05) is 6.61 Å². The molecule has 0 radical (unpaired) electrons. The summed E-state index contributed by atoms with van der Waals surface area (Å²) in [4.78, 5) is 0. The third-order valence-electron chi connectivity index (χ3n) is 3.79. The Morgan fingerprint density at radius 3 is 2.70 bits per heavy atom. The van der Waals surface area contributed by atoms with E-state index in [0.717, 1.165) is 29.3 Å². The summed E-state index contributed by atoms with van der Waals surface area (Å²) in [5.41, 5.74) is 1.07. The Morgan fingerprint density at radius 1 is 1.15 bits per heavy atom. The van der Waals surface area contributed by atoms with E-state index < -0.39 is 0 Å². The van der Waals surface area contributed by atoms with Crippen LogP contribution in [0.5, 0.6) is 0 Å². The molecule has 0 saturated carbocycles. The molecule has 4 atom stereocenters. The second-order valence-corrected chi connectivity index (χ2v) is 6.47. The van der Waals surface area contributed by atoms with Crippen LogP contribution in [0.15, 0.2) is 41.4 Å². The Kier molecular flexibility index (Phi) is 4.56. The van der Waals surface area contributed by atoms with Crippen LogP contribution in [0, 0.1) is 0 Å². The lowest BCUT2D eigenvalue weighted by atomic mass is 9.98. The van der Waals surface area contributed by atoms with Crippen molar-refractivity contribution in [1.82, 2.24) is 0 Å². The van der Waals surface area contributed by atoms with E-state index in [-0.39, 0.29) is 24.6 Å². The van der Waals surface area contributed by atoms with Gasteiger partial charge in [-0.05, 0) is 17.3 Å². The van der Waals surface area contributed by atoms with Crippen molar-refractivity contribution in [3.8, 4) is 0 Å². The second kappa shape index (κ2) is 6.39. The molecule has 0 bridgehead atoms. The molecule has 2 saturated heterocycles. The number of ether oxygens (including phenoxy) is 3. The minimum atomic E-state index is -0.260. The highest BCUT2D eigenvalue weighted by atomic mass is 79.9. The van der Waals surface area contributed by atoms with Gasteiger partial charge in [0.2, 0.25) is 0 Å². The summed E-state index contributed by atoms with van der Waals surface area (Å²) in [6.07, 6.45) is 3.02. The maximum absolute atomic E-state index is 6.05. The summed E-state index contributed by atoms with van der Waals surface area (Å²) < 4.78 is 18.9. The molecular formula is C16H19BrO3. The van der Waals surface area contributed by atoms with Gasteiger partial charge >= 0.3 is 0 Å². The van der Waals surface area contributed by atoms with Crippen molar-refractivity contribution >= 4 is 15.9 Å². The van der Waals surface area contributed by atoms with Crippen molar-refractivity contribution < 1.29 is 14.2 Å². The van der Waals surface area contributed by atoms with E-state index in [1.54, 1.807) is 0 Å². The molecule has 0 spiro atoms. The van der Waals surface area contributed by atoms with Crippen LogP contribution in [0.3, 0.4) is 0 Å². The SMILES string of the molecule is C=C(Br)C[C@@H]1CC[C@@H]2O[C@H](c3ccccc3)OC[C@H]2O1. The summed E-state index contributed by atoms with van der Waals surface area (Å²) >= 11 is 3.40. The Balaban J connectivity index is 1.60. The van der Waals surface area contributed by atoms with Crippen LogP contribution in [0.2, 0.25) is 0 Å². The van der Waals surface area contributed by atoms with Gasteiger partial charge in [0, 0.05) is 12.0 Å². The van der Waals surface area contributed by atoms with Gasteiger partial charge in [0.05, 0.1) is 18.8 Å².